The topological polar surface area (TPSA) is 43.4 Å². The van der Waals surface area contributed by atoms with Gasteiger partial charge in [0.2, 0.25) is 0 Å². The first-order valence-corrected chi connectivity index (χ1v) is 12.6. The second-order valence-electron chi connectivity index (χ2n) is 6.66. The first-order chi connectivity index (χ1) is 12.0. The zero-order valence-electron chi connectivity index (χ0n) is 15.5. The van der Waals surface area contributed by atoms with Crippen molar-refractivity contribution in [1.29, 1.82) is 0 Å². The molecule has 25 heavy (non-hydrogen) atoms. The van der Waals surface area contributed by atoms with Crippen molar-refractivity contribution in [2.75, 3.05) is 19.7 Å². The number of pyridine rings is 1. The van der Waals surface area contributed by atoms with Crippen LogP contribution in [0, 0.1) is 0 Å². The first-order valence-electron chi connectivity index (χ1n) is 9.34. The van der Waals surface area contributed by atoms with E-state index in [4.69, 9.17) is 32.4 Å². The molecule has 0 radical (unpaired) electrons. The van der Waals surface area contributed by atoms with Gasteiger partial charge in [-0.25, -0.2) is 0 Å². The highest BCUT2D eigenvalue weighted by atomic mass is 35.5. The third-order valence-electron chi connectivity index (χ3n) is 5.26. The van der Waals surface area contributed by atoms with Crippen LogP contribution < -0.4 is 5.32 Å². The van der Waals surface area contributed by atoms with Crippen LogP contribution >= 0.6 is 23.2 Å². The molecule has 1 saturated heterocycles. The zero-order valence-corrected chi connectivity index (χ0v) is 18.0. The minimum absolute atomic E-state index is 0.157. The molecule has 1 aromatic rings. The molecular formula is C18H30Cl2N2O2Si. The van der Waals surface area contributed by atoms with Gasteiger partial charge in [-0.1, -0.05) is 44.0 Å². The molecule has 1 aliphatic heterocycles. The third-order valence-corrected chi connectivity index (χ3v) is 10.5. The average molecular weight is 405 g/mol. The summed E-state index contributed by atoms with van der Waals surface area (Å²) in [5, 5.41) is 4.65. The van der Waals surface area contributed by atoms with E-state index in [1.54, 1.807) is 12.4 Å². The van der Waals surface area contributed by atoms with Crippen LogP contribution in [0.15, 0.2) is 12.4 Å². The van der Waals surface area contributed by atoms with E-state index in [0.29, 0.717) is 22.7 Å². The predicted octanol–water partition coefficient (Wildman–Crippen LogP) is 5.22. The van der Waals surface area contributed by atoms with Crippen LogP contribution in [-0.4, -0.2) is 39.1 Å². The molecule has 0 amide bonds. The fraction of sp³-hybridized carbons (Fsp3) is 0.722. The predicted molar refractivity (Wildman–Crippen MR) is 107 cm³/mol. The van der Waals surface area contributed by atoms with Crippen LogP contribution in [0.1, 0.15) is 45.3 Å². The minimum Gasteiger partial charge on any atom is -0.409 e. The standard InChI is InChI=1S/C18H30Cl2N2O2Si/c1-4-25(5-2,6-3)24-17(13-21-10-14-8-7-9-23-14)18-15(19)11-22-12-16(18)20/h11-12,14,17,21H,4-10,13H2,1-3H3/t14-,17?/m1/s1. The maximum atomic E-state index is 6.74. The number of hydrogen-bond donors (Lipinski definition) is 1. The van der Waals surface area contributed by atoms with Gasteiger partial charge in [-0.2, -0.15) is 0 Å². The lowest BCUT2D eigenvalue weighted by atomic mass is 10.1. The Hall–Kier alpha value is -0.173. The Morgan fingerprint density at radius 3 is 2.40 bits per heavy atom. The van der Waals surface area contributed by atoms with Gasteiger partial charge in [-0.05, 0) is 31.0 Å². The number of aromatic nitrogens is 1. The van der Waals surface area contributed by atoms with E-state index in [-0.39, 0.29) is 6.10 Å². The molecule has 1 N–H and O–H groups in total. The second kappa shape index (κ2) is 10.2. The Kier molecular flexibility index (Phi) is 8.65. The molecule has 1 fully saturated rings. The van der Waals surface area contributed by atoms with E-state index < -0.39 is 8.32 Å². The lowest BCUT2D eigenvalue weighted by Gasteiger charge is -2.34. The average Bonchev–Trinajstić information content (AvgIpc) is 3.12. The highest BCUT2D eigenvalue weighted by Crippen LogP contribution is 2.36. The molecule has 7 heteroatoms. The number of halogens is 2. The summed E-state index contributed by atoms with van der Waals surface area (Å²) < 4.78 is 12.4. The Bertz CT molecular complexity index is 509. The molecule has 1 aliphatic rings. The summed E-state index contributed by atoms with van der Waals surface area (Å²) in [6, 6.07) is 3.26. The van der Waals surface area contributed by atoms with Crippen molar-refractivity contribution in [3.05, 3.63) is 28.0 Å². The fourth-order valence-electron chi connectivity index (χ4n) is 3.41. The molecule has 142 valence electrons. The van der Waals surface area contributed by atoms with Crippen molar-refractivity contribution < 1.29 is 9.16 Å². The summed E-state index contributed by atoms with van der Waals surface area (Å²) in [5.74, 6) is 0. The van der Waals surface area contributed by atoms with Gasteiger partial charge in [-0.3, -0.25) is 4.98 Å². The molecule has 0 aliphatic carbocycles. The quantitative estimate of drug-likeness (QED) is 0.542. The van der Waals surface area contributed by atoms with Gasteiger partial charge in [0.15, 0.2) is 8.32 Å². The number of hydrogen-bond acceptors (Lipinski definition) is 4. The van der Waals surface area contributed by atoms with Gasteiger partial charge in [0.1, 0.15) is 0 Å². The summed E-state index contributed by atoms with van der Waals surface area (Å²) in [4.78, 5) is 4.08. The van der Waals surface area contributed by atoms with Gasteiger partial charge >= 0.3 is 0 Å². The van der Waals surface area contributed by atoms with Crippen LogP contribution in [-0.2, 0) is 9.16 Å². The Labute approximate surface area is 162 Å². The van der Waals surface area contributed by atoms with Gasteiger partial charge in [0.05, 0.1) is 22.3 Å². The minimum atomic E-state index is -1.80. The number of nitrogens with zero attached hydrogens (tertiary/aromatic N) is 1. The van der Waals surface area contributed by atoms with Crippen molar-refractivity contribution in [2.24, 2.45) is 0 Å². The Morgan fingerprint density at radius 2 is 1.88 bits per heavy atom. The van der Waals surface area contributed by atoms with Crippen molar-refractivity contribution in [3.8, 4) is 0 Å². The van der Waals surface area contributed by atoms with E-state index >= 15 is 0 Å². The molecule has 0 spiro atoms. The van der Waals surface area contributed by atoms with Crippen molar-refractivity contribution in [3.63, 3.8) is 0 Å². The van der Waals surface area contributed by atoms with Crippen LogP contribution in [0.5, 0.6) is 0 Å². The number of ether oxygens (including phenoxy) is 1. The molecule has 2 atom stereocenters. The largest absolute Gasteiger partial charge is 0.409 e. The van der Waals surface area contributed by atoms with E-state index in [1.807, 2.05) is 0 Å². The number of rotatable bonds is 10. The summed E-state index contributed by atoms with van der Waals surface area (Å²) in [6.45, 7) is 9.06. The highest BCUT2D eigenvalue weighted by Gasteiger charge is 2.34. The summed E-state index contributed by atoms with van der Waals surface area (Å²) >= 11 is 12.8. The second-order valence-corrected chi connectivity index (χ2v) is 12.2. The van der Waals surface area contributed by atoms with Gasteiger partial charge in [-0.15, -0.1) is 0 Å². The zero-order chi connectivity index (χ0) is 18.3. The molecule has 2 rings (SSSR count). The lowest BCUT2D eigenvalue weighted by molar-refractivity contribution is 0.105. The monoisotopic (exact) mass is 404 g/mol. The number of nitrogens with one attached hydrogen (secondary N) is 1. The molecule has 1 aromatic heterocycles. The molecule has 0 bridgehead atoms. The van der Waals surface area contributed by atoms with E-state index in [9.17, 15) is 0 Å². The summed E-state index contributed by atoms with van der Waals surface area (Å²) in [7, 11) is -1.80. The maximum Gasteiger partial charge on any atom is 0.192 e. The summed E-state index contributed by atoms with van der Waals surface area (Å²) in [6.07, 6.45) is 5.70. The van der Waals surface area contributed by atoms with Crippen LogP contribution in [0.2, 0.25) is 28.2 Å². The Balaban J connectivity index is 2.15. The fourth-order valence-corrected chi connectivity index (χ4v) is 6.83. The van der Waals surface area contributed by atoms with E-state index in [0.717, 1.165) is 49.7 Å². The van der Waals surface area contributed by atoms with Crippen molar-refractivity contribution in [2.45, 2.75) is 64.0 Å². The van der Waals surface area contributed by atoms with Crippen LogP contribution in [0.25, 0.3) is 0 Å². The van der Waals surface area contributed by atoms with E-state index in [2.05, 4.69) is 31.1 Å². The Morgan fingerprint density at radius 1 is 1.24 bits per heavy atom. The molecule has 0 saturated carbocycles. The van der Waals surface area contributed by atoms with Gasteiger partial charge in [0.25, 0.3) is 0 Å². The first kappa shape index (κ1) is 21.1. The van der Waals surface area contributed by atoms with Crippen LogP contribution in [0.3, 0.4) is 0 Å². The molecule has 1 unspecified atom stereocenters. The molecular weight excluding hydrogens is 375 g/mol. The van der Waals surface area contributed by atoms with Crippen molar-refractivity contribution in [1.82, 2.24) is 10.3 Å². The third kappa shape index (κ3) is 5.65. The van der Waals surface area contributed by atoms with Gasteiger partial charge < -0.3 is 14.5 Å². The van der Waals surface area contributed by atoms with Gasteiger partial charge in [0, 0.05) is 37.7 Å². The summed E-state index contributed by atoms with van der Waals surface area (Å²) in [5.41, 5.74) is 0.852. The molecule has 4 nitrogen and oxygen atoms in total. The normalized spacial score (nSPS) is 19.3. The lowest BCUT2D eigenvalue weighted by Crippen LogP contribution is -2.41. The molecule has 0 aromatic carbocycles. The van der Waals surface area contributed by atoms with Crippen molar-refractivity contribution >= 4 is 31.5 Å². The maximum absolute atomic E-state index is 6.74. The SMILES string of the molecule is CC[Si](CC)(CC)OC(CNC[C@H]1CCCO1)c1c(Cl)cncc1Cl. The highest BCUT2D eigenvalue weighted by molar-refractivity contribution is 6.73. The van der Waals surface area contributed by atoms with E-state index in [1.165, 1.54) is 0 Å². The van der Waals surface area contributed by atoms with Crippen LogP contribution in [0.4, 0.5) is 0 Å². The molecule has 2 heterocycles. The smallest absolute Gasteiger partial charge is 0.192 e.